The second-order valence-electron chi connectivity index (χ2n) is 13.7. The summed E-state index contributed by atoms with van der Waals surface area (Å²) in [6, 6.07) is 6.25. The number of anilines is 2. The summed E-state index contributed by atoms with van der Waals surface area (Å²) in [5.41, 5.74) is 4.86. The Morgan fingerprint density at radius 1 is 1.17 bits per heavy atom. The molecule has 2 amide bonds. The average molecular weight is 646 g/mol. The number of nitrogens with zero attached hydrogens (tertiary/aromatic N) is 5. The molecule has 0 radical (unpaired) electrons. The Bertz CT molecular complexity index is 1650. The van der Waals surface area contributed by atoms with Crippen LogP contribution < -0.4 is 16.6 Å². The highest BCUT2D eigenvalue weighted by Crippen LogP contribution is 2.52. The van der Waals surface area contributed by atoms with Gasteiger partial charge in [0.1, 0.15) is 24.3 Å². The van der Waals surface area contributed by atoms with Gasteiger partial charge in [0.15, 0.2) is 0 Å². The molecule has 1 aliphatic rings. The van der Waals surface area contributed by atoms with E-state index in [1.165, 1.54) is 17.0 Å². The first kappa shape index (κ1) is 34.5. The lowest BCUT2D eigenvalue weighted by Crippen LogP contribution is -2.46. The van der Waals surface area contributed by atoms with Gasteiger partial charge in [-0.1, -0.05) is 20.8 Å². The van der Waals surface area contributed by atoms with Crippen molar-refractivity contribution >= 4 is 23.4 Å². The lowest BCUT2D eigenvalue weighted by atomic mass is 9.58. The van der Waals surface area contributed by atoms with E-state index in [4.69, 9.17) is 10.5 Å². The molecule has 1 aliphatic carbocycles. The minimum absolute atomic E-state index is 0.0604. The molecule has 0 aliphatic heterocycles. The Balaban J connectivity index is 1.71. The molecule has 0 spiro atoms. The van der Waals surface area contributed by atoms with Crippen LogP contribution in [0.4, 0.5) is 29.3 Å². The molecule has 1 fully saturated rings. The van der Waals surface area contributed by atoms with Crippen LogP contribution in [0.5, 0.6) is 0 Å². The zero-order valence-corrected chi connectivity index (χ0v) is 27.2. The van der Waals surface area contributed by atoms with Gasteiger partial charge in [-0.2, -0.15) is 13.2 Å². The van der Waals surface area contributed by atoms with E-state index >= 15 is 0 Å². The molecule has 0 unspecified atom stereocenters. The smallest absolute Gasteiger partial charge is 0.410 e. The number of hydrogen-bond acceptors (Lipinski definition) is 7. The number of aromatic nitrogens is 4. The third-order valence-corrected chi connectivity index (χ3v) is 7.95. The number of nitrogens with two attached hydrogens (primary N) is 1. The number of amides is 2. The zero-order chi connectivity index (χ0) is 34.2. The van der Waals surface area contributed by atoms with Crippen LogP contribution in [0.2, 0.25) is 0 Å². The summed E-state index contributed by atoms with van der Waals surface area (Å²) < 4.78 is 48.3. The van der Waals surface area contributed by atoms with Crippen LogP contribution in [0, 0.1) is 11.8 Å². The standard InChI is InChI=1S/C32H42F3N7O4/c1-19(2)16-46-29(45)42(30(4,5)6)15-21-8-25(27(44)41(14-21)17-32(33,34)35)26(43)38-24-10-22(9-23(36)11-24)31(12-20(3)13-31)28-39-37-18-40(28)7/h8-11,14,18-20H,12-13,15-17,36H2,1-7H3,(H,38,43). The number of rotatable bonds is 9. The van der Waals surface area contributed by atoms with Gasteiger partial charge in [0, 0.05) is 30.2 Å². The van der Waals surface area contributed by atoms with Crippen molar-refractivity contribution in [2.24, 2.45) is 18.9 Å². The van der Waals surface area contributed by atoms with Crippen molar-refractivity contribution in [3.63, 3.8) is 0 Å². The highest BCUT2D eigenvalue weighted by atomic mass is 19.4. The molecule has 1 aromatic carbocycles. The maximum absolute atomic E-state index is 13.6. The average Bonchev–Trinajstić information content (AvgIpc) is 3.33. The van der Waals surface area contributed by atoms with E-state index in [-0.39, 0.29) is 30.3 Å². The van der Waals surface area contributed by atoms with E-state index in [0.717, 1.165) is 30.4 Å². The van der Waals surface area contributed by atoms with E-state index in [1.807, 2.05) is 25.5 Å². The third-order valence-electron chi connectivity index (χ3n) is 7.95. The Morgan fingerprint density at radius 2 is 1.85 bits per heavy atom. The van der Waals surface area contributed by atoms with Gasteiger partial charge in [-0.25, -0.2) is 4.79 Å². The Labute approximate surface area is 265 Å². The third kappa shape index (κ3) is 7.71. The van der Waals surface area contributed by atoms with Gasteiger partial charge in [-0.15, -0.1) is 10.2 Å². The molecule has 250 valence electrons. The predicted octanol–water partition coefficient (Wildman–Crippen LogP) is 5.48. The lowest BCUT2D eigenvalue weighted by molar-refractivity contribution is -0.141. The van der Waals surface area contributed by atoms with Crippen LogP contribution >= 0.6 is 0 Å². The second kappa shape index (κ2) is 12.8. The first-order valence-corrected chi connectivity index (χ1v) is 15.1. The highest BCUT2D eigenvalue weighted by molar-refractivity contribution is 6.04. The number of halogens is 3. The van der Waals surface area contributed by atoms with Crippen molar-refractivity contribution in [1.82, 2.24) is 24.2 Å². The minimum atomic E-state index is -4.74. The van der Waals surface area contributed by atoms with Crippen molar-refractivity contribution < 1.29 is 27.5 Å². The summed E-state index contributed by atoms with van der Waals surface area (Å²) in [7, 11) is 1.85. The minimum Gasteiger partial charge on any atom is -0.449 e. The summed E-state index contributed by atoms with van der Waals surface area (Å²) in [5.74, 6) is 0.289. The normalized spacial score (nSPS) is 18.3. The number of alkyl halides is 3. The molecule has 4 rings (SSSR count). The van der Waals surface area contributed by atoms with E-state index in [1.54, 1.807) is 39.2 Å². The fraction of sp³-hybridized carbons (Fsp3) is 0.531. The first-order chi connectivity index (χ1) is 21.3. The molecular weight excluding hydrogens is 603 g/mol. The van der Waals surface area contributed by atoms with Crippen molar-refractivity contribution in [1.29, 1.82) is 0 Å². The van der Waals surface area contributed by atoms with Crippen LogP contribution in [0.25, 0.3) is 0 Å². The van der Waals surface area contributed by atoms with Crippen LogP contribution in [0.3, 0.4) is 0 Å². The molecule has 2 heterocycles. The van der Waals surface area contributed by atoms with Crippen LogP contribution in [0.1, 0.15) is 81.7 Å². The summed E-state index contributed by atoms with van der Waals surface area (Å²) >= 11 is 0. The van der Waals surface area contributed by atoms with Crippen molar-refractivity contribution in [3.8, 4) is 0 Å². The molecule has 46 heavy (non-hydrogen) atoms. The SMILES string of the molecule is CC(C)COC(=O)N(Cc1cc(C(=O)Nc2cc(N)cc(C3(c4nncn4C)CC(C)C3)c2)c(=O)n(CC(F)(F)F)c1)C(C)(C)C. The number of pyridine rings is 1. The van der Waals surface area contributed by atoms with Gasteiger partial charge in [0.05, 0.1) is 18.6 Å². The van der Waals surface area contributed by atoms with E-state index < -0.39 is 46.8 Å². The molecule has 2 aromatic heterocycles. The topological polar surface area (TPSA) is 137 Å². The van der Waals surface area contributed by atoms with Gasteiger partial charge >= 0.3 is 12.3 Å². The molecule has 11 nitrogen and oxygen atoms in total. The molecular formula is C32H42F3N7O4. The van der Waals surface area contributed by atoms with Gasteiger partial charge in [-0.05, 0) is 80.8 Å². The van der Waals surface area contributed by atoms with Gasteiger partial charge in [-0.3, -0.25) is 14.5 Å². The molecule has 0 bridgehead atoms. The van der Waals surface area contributed by atoms with E-state index in [2.05, 4.69) is 22.4 Å². The fourth-order valence-corrected chi connectivity index (χ4v) is 5.92. The van der Waals surface area contributed by atoms with Crippen molar-refractivity contribution in [3.05, 3.63) is 69.7 Å². The fourth-order valence-electron chi connectivity index (χ4n) is 5.92. The summed E-state index contributed by atoms with van der Waals surface area (Å²) in [6.45, 7) is 9.43. The van der Waals surface area contributed by atoms with Crippen molar-refractivity contribution in [2.75, 3.05) is 17.7 Å². The number of carbonyl (C=O) groups excluding carboxylic acids is 2. The Hall–Kier alpha value is -4.36. The van der Waals surface area contributed by atoms with Gasteiger partial charge in [0.2, 0.25) is 0 Å². The maximum atomic E-state index is 13.6. The number of hydrogen-bond donors (Lipinski definition) is 2. The monoisotopic (exact) mass is 645 g/mol. The number of benzene rings is 1. The predicted molar refractivity (Wildman–Crippen MR) is 167 cm³/mol. The molecule has 0 saturated heterocycles. The highest BCUT2D eigenvalue weighted by Gasteiger charge is 2.48. The first-order valence-electron chi connectivity index (χ1n) is 15.1. The lowest BCUT2D eigenvalue weighted by Gasteiger charge is -2.46. The second-order valence-corrected chi connectivity index (χ2v) is 13.7. The van der Waals surface area contributed by atoms with Crippen LogP contribution in [-0.2, 0) is 30.3 Å². The van der Waals surface area contributed by atoms with Crippen LogP contribution in [-0.4, -0.2) is 54.6 Å². The number of carbonyl (C=O) groups is 2. The number of aryl methyl sites for hydroxylation is 1. The van der Waals surface area contributed by atoms with Crippen LogP contribution in [0.15, 0.2) is 41.6 Å². The molecule has 3 N–H and O–H groups in total. The summed E-state index contributed by atoms with van der Waals surface area (Å²) in [4.78, 5) is 41.2. The maximum Gasteiger partial charge on any atom is 0.410 e. The summed E-state index contributed by atoms with van der Waals surface area (Å²) in [5, 5.41) is 11.0. The molecule has 1 saturated carbocycles. The van der Waals surface area contributed by atoms with Gasteiger partial charge < -0.3 is 24.9 Å². The quantitative estimate of drug-likeness (QED) is 0.294. The molecule has 0 atom stereocenters. The van der Waals surface area contributed by atoms with E-state index in [9.17, 15) is 27.6 Å². The molecule has 3 aromatic rings. The molecule has 14 heteroatoms. The number of nitrogens with one attached hydrogen (secondary N) is 1. The Morgan fingerprint density at radius 3 is 2.39 bits per heavy atom. The summed E-state index contributed by atoms with van der Waals surface area (Å²) in [6.07, 6.45) is -1.25. The number of nitrogen functional groups attached to an aromatic ring is 1. The van der Waals surface area contributed by atoms with E-state index in [0.29, 0.717) is 16.2 Å². The van der Waals surface area contributed by atoms with Gasteiger partial charge in [0.25, 0.3) is 11.5 Å². The Kier molecular flexibility index (Phi) is 9.60. The number of ether oxygens (including phenoxy) is 1. The van der Waals surface area contributed by atoms with Crippen molar-refractivity contribution in [2.45, 2.75) is 84.6 Å². The zero-order valence-electron chi connectivity index (χ0n) is 27.2. The largest absolute Gasteiger partial charge is 0.449 e.